The van der Waals surface area contributed by atoms with Gasteiger partial charge in [-0.2, -0.15) is 0 Å². The molecule has 1 atom stereocenters. The summed E-state index contributed by atoms with van der Waals surface area (Å²) in [6, 6.07) is 7.17. The Labute approximate surface area is 117 Å². The van der Waals surface area contributed by atoms with E-state index in [1.807, 2.05) is 12.1 Å². The van der Waals surface area contributed by atoms with Gasteiger partial charge in [0.1, 0.15) is 0 Å². The Morgan fingerprint density at radius 2 is 1.84 bits per heavy atom. The van der Waals surface area contributed by atoms with Gasteiger partial charge in [0.05, 0.1) is 5.60 Å². The summed E-state index contributed by atoms with van der Waals surface area (Å²) in [7, 11) is 0. The van der Waals surface area contributed by atoms with Crippen molar-refractivity contribution >= 4 is 17.7 Å². The highest BCUT2D eigenvalue weighted by atomic mass is 35.5. The number of hydrogen-bond acceptors (Lipinski definition) is 2. The summed E-state index contributed by atoms with van der Waals surface area (Å²) in [5.74, 6) is 0.0595. The van der Waals surface area contributed by atoms with Crippen LogP contribution in [0.3, 0.4) is 0 Å². The number of amides is 1. The lowest BCUT2D eigenvalue weighted by molar-refractivity contribution is -0.0308. The van der Waals surface area contributed by atoms with Crippen molar-refractivity contribution in [3.05, 3.63) is 34.9 Å². The Morgan fingerprint density at radius 1 is 1.32 bits per heavy atom. The van der Waals surface area contributed by atoms with Crippen LogP contribution in [-0.2, 0) is 5.60 Å². The molecule has 5 heteroatoms. The molecule has 0 bridgehead atoms. The predicted octanol–water partition coefficient (Wildman–Crippen LogP) is 2.94. The minimum Gasteiger partial charge on any atom is -0.465 e. The number of halogens is 1. The monoisotopic (exact) mass is 283 g/mol. The first-order valence-electron chi connectivity index (χ1n) is 6.37. The van der Waals surface area contributed by atoms with E-state index in [-0.39, 0.29) is 5.92 Å². The maximum Gasteiger partial charge on any atom is 0.407 e. The molecule has 1 amide bonds. The van der Waals surface area contributed by atoms with Gasteiger partial charge in [-0.25, -0.2) is 4.79 Å². The second-order valence-corrected chi connectivity index (χ2v) is 5.63. The summed E-state index contributed by atoms with van der Waals surface area (Å²) in [4.78, 5) is 12.3. The number of rotatable bonds is 2. The molecule has 1 fully saturated rings. The maximum absolute atomic E-state index is 10.9. The van der Waals surface area contributed by atoms with E-state index < -0.39 is 11.7 Å². The topological polar surface area (TPSA) is 60.8 Å². The zero-order chi connectivity index (χ0) is 14.0. The van der Waals surface area contributed by atoms with Gasteiger partial charge in [0, 0.05) is 18.1 Å². The molecule has 1 aliphatic heterocycles. The minimum absolute atomic E-state index is 0.0595. The Hall–Kier alpha value is -1.26. The average molecular weight is 284 g/mol. The molecule has 2 rings (SSSR count). The lowest BCUT2D eigenvalue weighted by atomic mass is 9.77. The number of benzene rings is 1. The molecule has 1 saturated heterocycles. The molecule has 0 spiro atoms. The molecule has 2 N–H and O–H groups in total. The molecule has 104 valence electrons. The zero-order valence-corrected chi connectivity index (χ0v) is 11.6. The van der Waals surface area contributed by atoms with Gasteiger partial charge in [-0.05, 0) is 43.4 Å². The predicted molar refractivity (Wildman–Crippen MR) is 73.3 cm³/mol. The molecule has 1 aromatic carbocycles. The van der Waals surface area contributed by atoms with Gasteiger partial charge in [0.15, 0.2) is 0 Å². The quantitative estimate of drug-likeness (QED) is 0.877. The summed E-state index contributed by atoms with van der Waals surface area (Å²) in [6.07, 6.45) is 0.453. The van der Waals surface area contributed by atoms with Crippen molar-refractivity contribution in [3.63, 3.8) is 0 Å². The largest absolute Gasteiger partial charge is 0.465 e. The smallest absolute Gasteiger partial charge is 0.407 e. The Bertz CT molecular complexity index is 450. The van der Waals surface area contributed by atoms with E-state index in [1.54, 1.807) is 19.1 Å². The summed E-state index contributed by atoms with van der Waals surface area (Å²) >= 11 is 5.85. The molecule has 1 unspecified atom stereocenters. The summed E-state index contributed by atoms with van der Waals surface area (Å²) in [5, 5.41) is 20.3. The van der Waals surface area contributed by atoms with Gasteiger partial charge < -0.3 is 15.1 Å². The number of carboxylic acid groups (broad SMARTS) is 1. The average Bonchev–Trinajstić information content (AvgIpc) is 2.39. The van der Waals surface area contributed by atoms with E-state index in [1.165, 1.54) is 4.90 Å². The third-order valence-corrected chi connectivity index (χ3v) is 4.24. The molecule has 1 aliphatic rings. The van der Waals surface area contributed by atoms with E-state index >= 15 is 0 Å². The second kappa shape index (κ2) is 5.39. The maximum atomic E-state index is 10.9. The highest BCUT2D eigenvalue weighted by Crippen LogP contribution is 2.36. The van der Waals surface area contributed by atoms with Crippen LogP contribution in [-0.4, -0.2) is 34.3 Å². The van der Waals surface area contributed by atoms with Crippen LogP contribution in [0, 0.1) is 5.92 Å². The Morgan fingerprint density at radius 3 is 2.32 bits per heavy atom. The number of aliphatic hydroxyl groups is 1. The molecule has 0 saturated carbocycles. The lowest BCUT2D eigenvalue weighted by Crippen LogP contribution is -2.43. The van der Waals surface area contributed by atoms with Crippen molar-refractivity contribution in [1.82, 2.24) is 4.90 Å². The van der Waals surface area contributed by atoms with Crippen LogP contribution in [0.1, 0.15) is 25.3 Å². The number of nitrogens with zero attached hydrogens (tertiary/aromatic N) is 1. The van der Waals surface area contributed by atoms with Crippen LogP contribution >= 0.6 is 11.6 Å². The fraction of sp³-hybridized carbons (Fsp3) is 0.500. The van der Waals surface area contributed by atoms with E-state index in [4.69, 9.17) is 16.7 Å². The van der Waals surface area contributed by atoms with E-state index in [0.717, 1.165) is 5.56 Å². The van der Waals surface area contributed by atoms with Crippen molar-refractivity contribution in [2.75, 3.05) is 13.1 Å². The molecule has 1 aromatic rings. The number of piperidine rings is 1. The van der Waals surface area contributed by atoms with Crippen LogP contribution in [0.25, 0.3) is 0 Å². The SMILES string of the molecule is CC(O)(c1ccc(Cl)cc1)C1CCN(C(=O)O)CC1. The van der Waals surface area contributed by atoms with Crippen molar-refractivity contribution in [1.29, 1.82) is 0 Å². The van der Waals surface area contributed by atoms with Gasteiger partial charge in [0.25, 0.3) is 0 Å². The highest BCUT2D eigenvalue weighted by Gasteiger charge is 2.36. The van der Waals surface area contributed by atoms with Crippen LogP contribution in [0.5, 0.6) is 0 Å². The second-order valence-electron chi connectivity index (χ2n) is 5.20. The molecule has 0 radical (unpaired) electrons. The Kier molecular flexibility index (Phi) is 4.02. The molecule has 0 aliphatic carbocycles. The van der Waals surface area contributed by atoms with Crippen LogP contribution < -0.4 is 0 Å². The summed E-state index contributed by atoms with van der Waals surface area (Å²) in [6.45, 7) is 2.74. The lowest BCUT2D eigenvalue weighted by Gasteiger charge is -2.39. The third kappa shape index (κ3) is 3.01. The van der Waals surface area contributed by atoms with Crippen molar-refractivity contribution < 1.29 is 15.0 Å². The summed E-state index contributed by atoms with van der Waals surface area (Å²) < 4.78 is 0. The molecular weight excluding hydrogens is 266 g/mol. The molecule has 19 heavy (non-hydrogen) atoms. The fourth-order valence-corrected chi connectivity index (χ4v) is 2.78. The van der Waals surface area contributed by atoms with Crippen molar-refractivity contribution in [2.24, 2.45) is 5.92 Å². The first-order valence-corrected chi connectivity index (χ1v) is 6.75. The summed E-state index contributed by atoms with van der Waals surface area (Å²) in [5.41, 5.74) is -0.125. The van der Waals surface area contributed by atoms with Gasteiger partial charge >= 0.3 is 6.09 Å². The molecular formula is C14H18ClNO3. The molecule has 1 heterocycles. The van der Waals surface area contributed by atoms with E-state index in [2.05, 4.69) is 0 Å². The van der Waals surface area contributed by atoms with Gasteiger partial charge in [-0.3, -0.25) is 0 Å². The third-order valence-electron chi connectivity index (χ3n) is 3.99. The first kappa shape index (κ1) is 14.2. The number of hydrogen-bond donors (Lipinski definition) is 2. The fourth-order valence-electron chi connectivity index (χ4n) is 2.66. The van der Waals surface area contributed by atoms with E-state index in [0.29, 0.717) is 31.0 Å². The highest BCUT2D eigenvalue weighted by molar-refractivity contribution is 6.30. The molecule has 4 nitrogen and oxygen atoms in total. The van der Waals surface area contributed by atoms with Gasteiger partial charge in [0.2, 0.25) is 0 Å². The van der Waals surface area contributed by atoms with Gasteiger partial charge in [-0.15, -0.1) is 0 Å². The number of carbonyl (C=O) groups is 1. The van der Waals surface area contributed by atoms with Crippen LogP contribution in [0.2, 0.25) is 5.02 Å². The minimum atomic E-state index is -0.949. The van der Waals surface area contributed by atoms with Crippen molar-refractivity contribution in [2.45, 2.75) is 25.4 Å². The van der Waals surface area contributed by atoms with Crippen molar-refractivity contribution in [3.8, 4) is 0 Å². The first-order chi connectivity index (χ1) is 8.91. The van der Waals surface area contributed by atoms with Crippen LogP contribution in [0.15, 0.2) is 24.3 Å². The number of likely N-dealkylation sites (tertiary alicyclic amines) is 1. The van der Waals surface area contributed by atoms with Crippen LogP contribution in [0.4, 0.5) is 4.79 Å². The standard InChI is InChI=1S/C14H18ClNO3/c1-14(19,10-2-4-12(15)5-3-10)11-6-8-16(9-7-11)13(17)18/h2-5,11,19H,6-9H2,1H3,(H,17,18). The van der Waals surface area contributed by atoms with Gasteiger partial charge in [-0.1, -0.05) is 23.7 Å². The van der Waals surface area contributed by atoms with E-state index in [9.17, 15) is 9.90 Å². The zero-order valence-electron chi connectivity index (χ0n) is 10.8. The normalized spacial score (nSPS) is 20.1. The Balaban J connectivity index is 2.09. The molecule has 0 aromatic heterocycles.